The first-order valence-corrected chi connectivity index (χ1v) is 7.76. The van der Waals surface area contributed by atoms with Crippen LogP contribution in [0.25, 0.3) is 0 Å². The topological polar surface area (TPSA) is 20.2 Å². The maximum absolute atomic E-state index is 9.79. The minimum Gasteiger partial charge on any atom is -0.508 e. The van der Waals surface area contributed by atoms with E-state index in [1.165, 1.54) is 22.3 Å². The van der Waals surface area contributed by atoms with Crippen LogP contribution in [-0.2, 0) is 5.41 Å². The predicted molar refractivity (Wildman–Crippen MR) is 90.1 cm³/mol. The number of aromatic hydroxyl groups is 1. The van der Waals surface area contributed by atoms with Crippen LogP contribution in [0.3, 0.4) is 0 Å². The Morgan fingerprint density at radius 3 is 1.95 bits per heavy atom. The summed E-state index contributed by atoms with van der Waals surface area (Å²) >= 11 is 0. The minimum absolute atomic E-state index is 0.00826. The smallest absolute Gasteiger partial charge is 0.118 e. The van der Waals surface area contributed by atoms with E-state index in [2.05, 4.69) is 58.0 Å². The van der Waals surface area contributed by atoms with Crippen molar-refractivity contribution in [3.8, 4) is 5.75 Å². The third-order valence-corrected chi connectivity index (χ3v) is 4.73. The molecule has 2 aromatic rings. The van der Waals surface area contributed by atoms with Crippen LogP contribution in [0.4, 0.5) is 0 Å². The van der Waals surface area contributed by atoms with Gasteiger partial charge in [0.1, 0.15) is 5.75 Å². The van der Waals surface area contributed by atoms with Crippen molar-refractivity contribution in [3.05, 3.63) is 64.2 Å². The van der Waals surface area contributed by atoms with Gasteiger partial charge in [0.15, 0.2) is 0 Å². The van der Waals surface area contributed by atoms with Crippen LogP contribution in [0.2, 0.25) is 0 Å². The molecule has 2 rings (SSSR count). The molecule has 0 radical (unpaired) electrons. The fourth-order valence-corrected chi connectivity index (χ4v) is 3.04. The van der Waals surface area contributed by atoms with Crippen LogP contribution in [0.5, 0.6) is 5.75 Å². The van der Waals surface area contributed by atoms with Crippen LogP contribution in [0.15, 0.2) is 36.4 Å². The third-order valence-electron chi connectivity index (χ3n) is 4.73. The van der Waals surface area contributed by atoms with E-state index in [1.807, 2.05) is 13.0 Å². The molecule has 112 valence electrons. The highest BCUT2D eigenvalue weighted by molar-refractivity contribution is 5.45. The number of rotatable bonds is 4. The summed E-state index contributed by atoms with van der Waals surface area (Å²) in [6.07, 6.45) is 2.23. The van der Waals surface area contributed by atoms with Crippen molar-refractivity contribution in [3.63, 3.8) is 0 Å². The molecule has 0 saturated carbocycles. The Balaban J connectivity index is 2.57. The lowest BCUT2D eigenvalue weighted by atomic mass is 9.72. The van der Waals surface area contributed by atoms with Crippen LogP contribution in [-0.4, -0.2) is 5.11 Å². The first-order chi connectivity index (χ1) is 9.88. The Kier molecular flexibility index (Phi) is 4.41. The predicted octanol–water partition coefficient (Wildman–Crippen LogP) is 5.42. The standard InChI is InChI=1S/C20H26O/c1-6-11-20(5,17-8-7-14(2)15(3)12-17)18-9-10-19(21)16(4)13-18/h7-10,12-13,21H,6,11H2,1-5H3. The molecular formula is C20H26O. The number of phenols is 1. The first-order valence-electron chi connectivity index (χ1n) is 7.76. The van der Waals surface area contributed by atoms with Gasteiger partial charge in [0.2, 0.25) is 0 Å². The highest BCUT2D eigenvalue weighted by atomic mass is 16.3. The van der Waals surface area contributed by atoms with Gasteiger partial charge in [-0.3, -0.25) is 0 Å². The molecule has 0 aliphatic rings. The van der Waals surface area contributed by atoms with Crippen LogP contribution in [0.1, 0.15) is 54.5 Å². The molecule has 1 heteroatoms. The van der Waals surface area contributed by atoms with E-state index >= 15 is 0 Å². The van der Waals surface area contributed by atoms with Gasteiger partial charge in [-0.05, 0) is 61.1 Å². The van der Waals surface area contributed by atoms with E-state index in [9.17, 15) is 5.11 Å². The monoisotopic (exact) mass is 282 g/mol. The fraction of sp³-hybridized carbons (Fsp3) is 0.400. The quantitative estimate of drug-likeness (QED) is 0.793. The van der Waals surface area contributed by atoms with E-state index in [4.69, 9.17) is 0 Å². The van der Waals surface area contributed by atoms with Gasteiger partial charge in [0.05, 0.1) is 0 Å². The second-order valence-corrected chi connectivity index (χ2v) is 6.38. The van der Waals surface area contributed by atoms with Crippen molar-refractivity contribution in [1.29, 1.82) is 0 Å². The summed E-state index contributed by atoms with van der Waals surface area (Å²) in [5.74, 6) is 0.373. The Morgan fingerprint density at radius 2 is 1.43 bits per heavy atom. The van der Waals surface area contributed by atoms with Gasteiger partial charge in [-0.2, -0.15) is 0 Å². The molecule has 0 heterocycles. The molecular weight excluding hydrogens is 256 g/mol. The summed E-state index contributed by atoms with van der Waals surface area (Å²) in [6, 6.07) is 12.8. The van der Waals surface area contributed by atoms with Crippen LogP contribution in [0, 0.1) is 20.8 Å². The second kappa shape index (κ2) is 5.93. The average Bonchev–Trinajstić information content (AvgIpc) is 2.45. The molecule has 0 aliphatic heterocycles. The fourth-order valence-electron chi connectivity index (χ4n) is 3.04. The average molecular weight is 282 g/mol. The summed E-state index contributed by atoms with van der Waals surface area (Å²) in [5, 5.41) is 9.79. The van der Waals surface area contributed by atoms with E-state index in [0.29, 0.717) is 5.75 Å². The van der Waals surface area contributed by atoms with E-state index in [0.717, 1.165) is 18.4 Å². The molecule has 0 aliphatic carbocycles. The van der Waals surface area contributed by atoms with E-state index in [-0.39, 0.29) is 5.41 Å². The van der Waals surface area contributed by atoms with Gasteiger partial charge < -0.3 is 5.11 Å². The highest BCUT2D eigenvalue weighted by Crippen LogP contribution is 2.38. The molecule has 0 spiro atoms. The van der Waals surface area contributed by atoms with Crippen LogP contribution >= 0.6 is 0 Å². The molecule has 21 heavy (non-hydrogen) atoms. The van der Waals surface area contributed by atoms with Crippen molar-refractivity contribution >= 4 is 0 Å². The Morgan fingerprint density at radius 1 is 0.857 bits per heavy atom. The van der Waals surface area contributed by atoms with Crippen LogP contribution < -0.4 is 0 Å². The summed E-state index contributed by atoms with van der Waals surface area (Å²) in [5.41, 5.74) is 6.25. The van der Waals surface area contributed by atoms with Gasteiger partial charge in [-0.15, -0.1) is 0 Å². The summed E-state index contributed by atoms with van der Waals surface area (Å²) < 4.78 is 0. The molecule has 0 fully saturated rings. The van der Waals surface area contributed by atoms with Crippen molar-refractivity contribution in [1.82, 2.24) is 0 Å². The molecule has 1 N–H and O–H groups in total. The molecule has 0 amide bonds. The zero-order valence-corrected chi connectivity index (χ0v) is 13.8. The molecule has 1 atom stereocenters. The van der Waals surface area contributed by atoms with Gasteiger partial charge in [-0.25, -0.2) is 0 Å². The Hall–Kier alpha value is -1.76. The summed E-state index contributed by atoms with van der Waals surface area (Å²) in [4.78, 5) is 0. The zero-order chi connectivity index (χ0) is 15.6. The van der Waals surface area contributed by atoms with Gasteiger partial charge in [0.25, 0.3) is 0 Å². The number of hydrogen-bond donors (Lipinski definition) is 1. The maximum Gasteiger partial charge on any atom is 0.118 e. The lowest BCUT2D eigenvalue weighted by Crippen LogP contribution is -2.23. The lowest BCUT2D eigenvalue weighted by Gasteiger charge is -2.32. The lowest BCUT2D eigenvalue weighted by molar-refractivity contribution is 0.467. The van der Waals surface area contributed by atoms with E-state index < -0.39 is 0 Å². The maximum atomic E-state index is 9.79. The molecule has 0 aromatic heterocycles. The van der Waals surface area contributed by atoms with Crippen molar-refractivity contribution < 1.29 is 5.11 Å². The molecule has 0 saturated heterocycles. The minimum atomic E-state index is -0.00826. The number of phenolic OH excluding ortho intramolecular Hbond substituents is 1. The van der Waals surface area contributed by atoms with Crippen molar-refractivity contribution in [2.24, 2.45) is 0 Å². The third kappa shape index (κ3) is 2.97. The summed E-state index contributed by atoms with van der Waals surface area (Å²) in [7, 11) is 0. The van der Waals surface area contributed by atoms with Crippen molar-refractivity contribution in [2.45, 2.75) is 52.9 Å². The largest absolute Gasteiger partial charge is 0.508 e. The molecule has 0 bridgehead atoms. The molecule has 1 unspecified atom stereocenters. The SMILES string of the molecule is CCCC(C)(c1ccc(C)c(C)c1)c1ccc(O)c(C)c1. The Bertz CT molecular complexity index is 589. The number of aryl methyl sites for hydroxylation is 3. The Labute approximate surface area is 128 Å². The molecule has 1 nitrogen and oxygen atoms in total. The number of hydrogen-bond acceptors (Lipinski definition) is 1. The highest BCUT2D eigenvalue weighted by Gasteiger charge is 2.28. The van der Waals surface area contributed by atoms with Gasteiger partial charge in [0, 0.05) is 5.41 Å². The zero-order valence-electron chi connectivity index (χ0n) is 13.8. The van der Waals surface area contributed by atoms with Gasteiger partial charge >= 0.3 is 0 Å². The normalized spacial score (nSPS) is 14.0. The molecule has 2 aromatic carbocycles. The van der Waals surface area contributed by atoms with Gasteiger partial charge in [-0.1, -0.05) is 50.6 Å². The van der Waals surface area contributed by atoms with Crippen molar-refractivity contribution in [2.75, 3.05) is 0 Å². The summed E-state index contributed by atoms with van der Waals surface area (Å²) in [6.45, 7) is 10.8. The second-order valence-electron chi connectivity index (χ2n) is 6.38. The van der Waals surface area contributed by atoms with E-state index in [1.54, 1.807) is 0 Å². The number of benzene rings is 2. The first kappa shape index (κ1) is 15.6.